The van der Waals surface area contributed by atoms with Crippen molar-refractivity contribution >= 4 is 17.8 Å². The minimum absolute atomic E-state index is 0.119. The number of hydrogen-bond donors (Lipinski definition) is 2. The molecule has 0 saturated carbocycles. The van der Waals surface area contributed by atoms with Crippen LogP contribution < -0.4 is 5.32 Å². The third-order valence-corrected chi connectivity index (χ3v) is 5.94. The van der Waals surface area contributed by atoms with Gasteiger partial charge in [-0.05, 0) is 29.8 Å². The summed E-state index contributed by atoms with van der Waals surface area (Å²) in [6, 6.07) is 24.9. The van der Waals surface area contributed by atoms with Crippen LogP contribution in [0.5, 0.6) is 0 Å². The number of nitrogens with one attached hydrogen (secondary N) is 1. The second-order valence-electron chi connectivity index (χ2n) is 8.76. The first-order valence-electron chi connectivity index (χ1n) is 12.2. The van der Waals surface area contributed by atoms with Crippen LogP contribution in [-0.2, 0) is 30.3 Å². The molecule has 198 valence electrons. The largest absolute Gasteiger partial charge is 0.459 e. The lowest BCUT2D eigenvalue weighted by atomic mass is 9.96. The van der Waals surface area contributed by atoms with Crippen molar-refractivity contribution in [2.45, 2.75) is 44.2 Å². The molecule has 5 atom stereocenters. The molecule has 1 aliphatic rings. The smallest absolute Gasteiger partial charge is 0.338 e. The number of esters is 2. The van der Waals surface area contributed by atoms with E-state index in [1.165, 1.54) is 6.92 Å². The van der Waals surface area contributed by atoms with Crippen LogP contribution in [0.4, 0.5) is 0 Å². The Kier molecular flexibility index (Phi) is 9.21. The molecule has 9 nitrogen and oxygen atoms in total. The molecule has 1 amide bonds. The molecule has 0 bridgehead atoms. The Morgan fingerprint density at radius 1 is 0.842 bits per heavy atom. The summed E-state index contributed by atoms with van der Waals surface area (Å²) in [4.78, 5) is 37.5. The summed E-state index contributed by atoms with van der Waals surface area (Å²) >= 11 is 0. The van der Waals surface area contributed by atoms with Crippen molar-refractivity contribution in [3.05, 3.63) is 108 Å². The number of carbonyl (C=O) groups excluding carboxylic acids is 3. The van der Waals surface area contributed by atoms with Gasteiger partial charge in [-0.25, -0.2) is 9.59 Å². The van der Waals surface area contributed by atoms with Crippen molar-refractivity contribution in [1.29, 1.82) is 0 Å². The number of aliphatic hydroxyl groups excluding tert-OH is 1. The van der Waals surface area contributed by atoms with Gasteiger partial charge in [-0.3, -0.25) is 4.79 Å². The topological polar surface area (TPSA) is 120 Å². The summed E-state index contributed by atoms with van der Waals surface area (Å²) in [5, 5.41) is 13.9. The lowest BCUT2D eigenvalue weighted by Crippen LogP contribution is -2.65. The fourth-order valence-electron chi connectivity index (χ4n) is 4.06. The van der Waals surface area contributed by atoms with Crippen LogP contribution >= 0.6 is 0 Å². The van der Waals surface area contributed by atoms with E-state index in [0.29, 0.717) is 5.56 Å². The van der Waals surface area contributed by atoms with E-state index in [9.17, 15) is 19.5 Å². The van der Waals surface area contributed by atoms with Gasteiger partial charge in [0.15, 0.2) is 12.4 Å². The van der Waals surface area contributed by atoms with E-state index in [0.717, 1.165) is 5.56 Å². The average molecular weight is 520 g/mol. The summed E-state index contributed by atoms with van der Waals surface area (Å²) in [7, 11) is 0. The molecule has 9 heteroatoms. The lowest BCUT2D eigenvalue weighted by Gasteiger charge is -2.43. The predicted octanol–water partition coefficient (Wildman–Crippen LogP) is 2.88. The molecule has 3 aromatic carbocycles. The minimum atomic E-state index is -1.44. The fraction of sp³-hybridized carbons (Fsp3) is 0.276. The van der Waals surface area contributed by atoms with E-state index < -0.39 is 48.5 Å². The minimum Gasteiger partial charge on any atom is -0.459 e. The van der Waals surface area contributed by atoms with Crippen molar-refractivity contribution in [3.63, 3.8) is 0 Å². The van der Waals surface area contributed by atoms with Crippen LogP contribution in [0.15, 0.2) is 91.0 Å². The van der Waals surface area contributed by atoms with Crippen LogP contribution in [0.25, 0.3) is 0 Å². The van der Waals surface area contributed by atoms with Gasteiger partial charge in [0.1, 0.15) is 24.9 Å². The van der Waals surface area contributed by atoms with E-state index >= 15 is 0 Å². The van der Waals surface area contributed by atoms with E-state index in [-0.39, 0.29) is 18.8 Å². The zero-order chi connectivity index (χ0) is 26.9. The monoisotopic (exact) mass is 519 g/mol. The molecule has 38 heavy (non-hydrogen) atoms. The summed E-state index contributed by atoms with van der Waals surface area (Å²) in [5.41, 5.74) is 1.44. The van der Waals surface area contributed by atoms with Gasteiger partial charge >= 0.3 is 11.9 Å². The molecule has 1 aliphatic heterocycles. The zero-order valence-electron chi connectivity index (χ0n) is 20.8. The molecule has 2 N–H and O–H groups in total. The van der Waals surface area contributed by atoms with Gasteiger partial charge in [0.05, 0.1) is 17.7 Å². The molecular formula is C29H29NO8. The standard InChI is InChI=1S/C29H29NO8/c1-19(31)30-24-26(38-28(34)22-15-9-4-10-16-22)25(32)23(18-35-27(33)21-13-7-3-8-14-21)37-29(24)36-17-20-11-5-2-6-12-20/h2-16,23-26,29,32H,17-18H2,1H3,(H,30,31)/t23-,24-,25+,26-,29+/m1/s1. The van der Waals surface area contributed by atoms with Gasteiger partial charge in [0, 0.05) is 6.92 Å². The third-order valence-electron chi connectivity index (χ3n) is 5.94. The van der Waals surface area contributed by atoms with Crippen molar-refractivity contribution in [1.82, 2.24) is 5.32 Å². The first kappa shape index (κ1) is 27.0. The summed E-state index contributed by atoms with van der Waals surface area (Å²) in [5.74, 6) is -1.74. The molecule has 3 aromatic rings. The number of aliphatic hydroxyl groups is 1. The van der Waals surface area contributed by atoms with Gasteiger partial charge in [-0.2, -0.15) is 0 Å². The molecule has 0 radical (unpaired) electrons. The Morgan fingerprint density at radius 3 is 1.97 bits per heavy atom. The highest BCUT2D eigenvalue weighted by molar-refractivity contribution is 5.90. The highest BCUT2D eigenvalue weighted by Gasteiger charge is 2.49. The molecule has 0 aliphatic carbocycles. The van der Waals surface area contributed by atoms with Gasteiger partial charge in [-0.15, -0.1) is 0 Å². The molecular weight excluding hydrogens is 490 g/mol. The van der Waals surface area contributed by atoms with E-state index in [2.05, 4.69) is 5.32 Å². The number of amides is 1. The second-order valence-corrected chi connectivity index (χ2v) is 8.76. The second kappa shape index (κ2) is 13.0. The number of carbonyl (C=O) groups is 3. The van der Waals surface area contributed by atoms with Gasteiger partial charge < -0.3 is 29.4 Å². The first-order valence-corrected chi connectivity index (χ1v) is 12.2. The van der Waals surface area contributed by atoms with Crippen LogP contribution in [0.2, 0.25) is 0 Å². The number of benzene rings is 3. The zero-order valence-corrected chi connectivity index (χ0v) is 20.8. The molecule has 0 unspecified atom stereocenters. The Bertz CT molecular complexity index is 1210. The number of rotatable bonds is 9. The van der Waals surface area contributed by atoms with Crippen molar-refractivity contribution in [2.75, 3.05) is 6.61 Å². The van der Waals surface area contributed by atoms with Crippen molar-refractivity contribution in [2.24, 2.45) is 0 Å². The van der Waals surface area contributed by atoms with Crippen LogP contribution in [0.3, 0.4) is 0 Å². The average Bonchev–Trinajstić information content (AvgIpc) is 2.95. The Labute approximate surface area is 220 Å². The predicted molar refractivity (Wildman–Crippen MR) is 136 cm³/mol. The van der Waals surface area contributed by atoms with Crippen molar-refractivity contribution < 1.29 is 38.4 Å². The molecule has 0 spiro atoms. The highest BCUT2D eigenvalue weighted by Crippen LogP contribution is 2.27. The molecule has 1 saturated heterocycles. The number of ether oxygens (including phenoxy) is 4. The highest BCUT2D eigenvalue weighted by atomic mass is 16.7. The quantitative estimate of drug-likeness (QED) is 0.414. The molecule has 0 aromatic heterocycles. The van der Waals surface area contributed by atoms with Gasteiger partial charge in [-0.1, -0.05) is 66.7 Å². The Balaban J connectivity index is 1.56. The number of hydrogen-bond acceptors (Lipinski definition) is 8. The molecule has 4 rings (SSSR count). The normalized spacial score (nSPS) is 22.7. The summed E-state index contributed by atoms with van der Waals surface area (Å²) in [6.45, 7) is 1.07. The van der Waals surface area contributed by atoms with Crippen LogP contribution in [0, 0.1) is 0 Å². The maximum Gasteiger partial charge on any atom is 0.338 e. The maximum absolute atomic E-state index is 12.9. The Hall–Kier alpha value is -4.05. The maximum atomic E-state index is 12.9. The summed E-state index contributed by atoms with van der Waals surface area (Å²) in [6.07, 6.45) is -4.94. The third kappa shape index (κ3) is 7.04. The fourth-order valence-corrected chi connectivity index (χ4v) is 4.06. The molecule has 1 fully saturated rings. The first-order chi connectivity index (χ1) is 18.4. The van der Waals surface area contributed by atoms with Crippen LogP contribution in [-0.4, -0.2) is 60.2 Å². The van der Waals surface area contributed by atoms with Crippen LogP contribution in [0.1, 0.15) is 33.2 Å². The van der Waals surface area contributed by atoms with E-state index in [1.54, 1.807) is 60.7 Å². The molecule has 1 heterocycles. The van der Waals surface area contributed by atoms with Gasteiger partial charge in [0.25, 0.3) is 0 Å². The van der Waals surface area contributed by atoms with E-state index in [4.69, 9.17) is 18.9 Å². The van der Waals surface area contributed by atoms with Gasteiger partial charge in [0.2, 0.25) is 5.91 Å². The lowest BCUT2D eigenvalue weighted by molar-refractivity contribution is -0.272. The SMILES string of the molecule is CC(=O)N[C@H]1[C@@H](OCc2ccccc2)O[C@H](COC(=O)c2ccccc2)[C@H](O)[C@@H]1OC(=O)c1ccccc1. The Morgan fingerprint density at radius 2 is 1.39 bits per heavy atom. The summed E-state index contributed by atoms with van der Waals surface area (Å²) < 4.78 is 23.1. The van der Waals surface area contributed by atoms with Crippen molar-refractivity contribution in [3.8, 4) is 0 Å². The van der Waals surface area contributed by atoms with E-state index in [1.807, 2.05) is 30.3 Å².